The van der Waals surface area contributed by atoms with E-state index in [9.17, 15) is 9.18 Å². The third kappa shape index (κ3) is 4.92. The van der Waals surface area contributed by atoms with Gasteiger partial charge in [-0.05, 0) is 56.7 Å². The molecule has 28 heavy (non-hydrogen) atoms. The van der Waals surface area contributed by atoms with E-state index in [1.165, 1.54) is 24.3 Å². The van der Waals surface area contributed by atoms with E-state index in [0.717, 1.165) is 11.4 Å². The molecule has 0 aliphatic heterocycles. The van der Waals surface area contributed by atoms with Gasteiger partial charge in [0.25, 0.3) is 5.91 Å². The summed E-state index contributed by atoms with van der Waals surface area (Å²) >= 11 is 6.12. The first-order chi connectivity index (χ1) is 13.4. The van der Waals surface area contributed by atoms with Gasteiger partial charge in [-0.25, -0.2) is 4.39 Å². The fourth-order valence-electron chi connectivity index (χ4n) is 2.67. The summed E-state index contributed by atoms with van der Waals surface area (Å²) in [5, 5.41) is 7.85. The molecule has 1 N–H and O–H groups in total. The molecular weight excluding hydrogens is 385 g/mol. The normalized spacial score (nSPS) is 10.9. The van der Waals surface area contributed by atoms with Crippen molar-refractivity contribution in [2.45, 2.75) is 33.4 Å². The Morgan fingerprint density at radius 1 is 1.25 bits per heavy atom. The number of carbonyl (C=O) groups is 1. The zero-order chi connectivity index (χ0) is 20.1. The van der Waals surface area contributed by atoms with Crippen LogP contribution >= 0.6 is 11.6 Å². The third-order valence-corrected chi connectivity index (χ3v) is 4.75. The number of hydrogen-bond donors (Lipinski definition) is 1. The predicted molar refractivity (Wildman–Crippen MR) is 103 cm³/mol. The number of ether oxygens (including phenoxy) is 1. The van der Waals surface area contributed by atoms with E-state index in [-0.39, 0.29) is 24.1 Å². The monoisotopic (exact) mass is 405 g/mol. The number of furan rings is 1. The standard InChI is InChI=1S/C20H21ClFN3O3/c1-13-19(21)14(2)25(24-13)11-3-10-23-20(26)18-9-8-17(28-18)12-27-16-6-4-15(22)5-7-16/h4-9H,3,10-12H2,1-2H3,(H,23,26). The molecule has 0 aliphatic carbocycles. The van der Waals surface area contributed by atoms with Crippen molar-refractivity contribution in [1.82, 2.24) is 15.1 Å². The molecule has 1 aromatic carbocycles. The number of rotatable bonds is 8. The van der Waals surface area contributed by atoms with Gasteiger partial charge in [-0.1, -0.05) is 11.6 Å². The number of halogens is 2. The first-order valence-electron chi connectivity index (χ1n) is 8.89. The summed E-state index contributed by atoms with van der Waals surface area (Å²) in [6.07, 6.45) is 0.714. The van der Waals surface area contributed by atoms with Crippen LogP contribution in [0.2, 0.25) is 5.02 Å². The number of nitrogens with one attached hydrogen (secondary N) is 1. The van der Waals surface area contributed by atoms with Crippen molar-refractivity contribution in [3.63, 3.8) is 0 Å². The number of aromatic nitrogens is 2. The van der Waals surface area contributed by atoms with Crippen LogP contribution in [0.15, 0.2) is 40.8 Å². The Balaban J connectivity index is 1.43. The minimum atomic E-state index is -0.328. The molecule has 0 radical (unpaired) electrons. The second-order valence-electron chi connectivity index (χ2n) is 6.33. The van der Waals surface area contributed by atoms with Crippen LogP contribution < -0.4 is 10.1 Å². The number of benzene rings is 1. The fourth-order valence-corrected chi connectivity index (χ4v) is 2.81. The largest absolute Gasteiger partial charge is 0.486 e. The highest BCUT2D eigenvalue weighted by atomic mass is 35.5. The second-order valence-corrected chi connectivity index (χ2v) is 6.70. The predicted octanol–water partition coefficient (Wildman–Crippen LogP) is 4.28. The summed E-state index contributed by atoms with van der Waals surface area (Å²) in [6.45, 7) is 5.07. The molecule has 148 valence electrons. The van der Waals surface area contributed by atoms with Crippen molar-refractivity contribution < 1.29 is 18.3 Å². The summed E-state index contributed by atoms with van der Waals surface area (Å²) < 4.78 is 25.7. The Hall–Kier alpha value is -2.80. The van der Waals surface area contributed by atoms with Gasteiger partial charge in [0, 0.05) is 13.1 Å². The Bertz CT molecular complexity index is 950. The zero-order valence-corrected chi connectivity index (χ0v) is 16.4. The minimum absolute atomic E-state index is 0.150. The number of carbonyl (C=O) groups excluding carboxylic acids is 1. The van der Waals surface area contributed by atoms with E-state index < -0.39 is 0 Å². The summed E-state index contributed by atoms with van der Waals surface area (Å²) in [6, 6.07) is 8.96. The molecule has 1 amide bonds. The minimum Gasteiger partial charge on any atom is -0.486 e. The van der Waals surface area contributed by atoms with E-state index in [1.54, 1.807) is 12.1 Å². The van der Waals surface area contributed by atoms with Gasteiger partial charge in [-0.2, -0.15) is 5.10 Å². The molecule has 0 bridgehead atoms. The molecule has 0 unspecified atom stereocenters. The van der Waals surface area contributed by atoms with Gasteiger partial charge in [-0.3, -0.25) is 9.48 Å². The maximum absolute atomic E-state index is 12.9. The van der Waals surface area contributed by atoms with Gasteiger partial charge in [-0.15, -0.1) is 0 Å². The van der Waals surface area contributed by atoms with E-state index in [1.807, 2.05) is 18.5 Å². The van der Waals surface area contributed by atoms with Crippen LogP contribution in [0.5, 0.6) is 5.75 Å². The topological polar surface area (TPSA) is 69.3 Å². The SMILES string of the molecule is Cc1nn(CCCNC(=O)c2ccc(COc3ccc(F)cc3)o2)c(C)c1Cl. The van der Waals surface area contributed by atoms with Crippen molar-refractivity contribution >= 4 is 17.5 Å². The fraction of sp³-hybridized carbons (Fsp3) is 0.300. The smallest absolute Gasteiger partial charge is 0.286 e. The van der Waals surface area contributed by atoms with E-state index >= 15 is 0 Å². The van der Waals surface area contributed by atoms with Gasteiger partial charge >= 0.3 is 0 Å². The molecule has 3 aromatic rings. The maximum atomic E-state index is 12.9. The van der Waals surface area contributed by atoms with Gasteiger partial charge in [0.1, 0.15) is 23.9 Å². The van der Waals surface area contributed by atoms with Crippen LogP contribution in [-0.4, -0.2) is 22.2 Å². The molecule has 2 aromatic heterocycles. The first kappa shape index (κ1) is 19.9. The second kappa shape index (κ2) is 8.93. The van der Waals surface area contributed by atoms with Gasteiger partial charge < -0.3 is 14.5 Å². The highest BCUT2D eigenvalue weighted by Gasteiger charge is 2.12. The van der Waals surface area contributed by atoms with Crippen molar-refractivity contribution in [3.8, 4) is 5.75 Å². The van der Waals surface area contributed by atoms with Gasteiger partial charge in [0.15, 0.2) is 5.76 Å². The summed E-state index contributed by atoms with van der Waals surface area (Å²) in [5.41, 5.74) is 1.72. The molecule has 0 atom stereocenters. The quantitative estimate of drug-likeness (QED) is 0.568. The van der Waals surface area contributed by atoms with Gasteiger partial charge in [0.05, 0.1) is 16.4 Å². The maximum Gasteiger partial charge on any atom is 0.286 e. The number of nitrogens with zero attached hydrogens (tertiary/aromatic N) is 2. The molecule has 0 fully saturated rings. The van der Waals surface area contributed by atoms with Crippen LogP contribution in [0.1, 0.15) is 34.1 Å². The molecule has 8 heteroatoms. The summed E-state index contributed by atoms with van der Waals surface area (Å²) in [5.74, 6) is 0.622. The van der Waals surface area contributed by atoms with Crippen molar-refractivity contribution in [2.75, 3.05) is 6.54 Å². The molecule has 6 nitrogen and oxygen atoms in total. The lowest BCUT2D eigenvalue weighted by atomic mass is 10.3. The first-order valence-corrected chi connectivity index (χ1v) is 9.26. The number of amides is 1. The Kier molecular flexibility index (Phi) is 6.36. The third-order valence-electron chi connectivity index (χ3n) is 4.21. The molecule has 0 aliphatic rings. The lowest BCUT2D eigenvalue weighted by Gasteiger charge is -2.06. The molecule has 0 saturated heterocycles. The Morgan fingerprint density at radius 3 is 2.68 bits per heavy atom. The lowest BCUT2D eigenvalue weighted by Crippen LogP contribution is -2.25. The van der Waals surface area contributed by atoms with Crippen molar-refractivity contribution in [3.05, 3.63) is 70.1 Å². The van der Waals surface area contributed by atoms with E-state index in [4.69, 9.17) is 20.8 Å². The van der Waals surface area contributed by atoms with Crippen LogP contribution in [0.4, 0.5) is 4.39 Å². The molecule has 3 rings (SSSR count). The van der Waals surface area contributed by atoms with Crippen LogP contribution in [0.3, 0.4) is 0 Å². The molecule has 2 heterocycles. The molecular formula is C20H21ClFN3O3. The highest BCUT2D eigenvalue weighted by Crippen LogP contribution is 2.19. The summed E-state index contributed by atoms with van der Waals surface area (Å²) in [7, 11) is 0. The Morgan fingerprint density at radius 2 is 2.00 bits per heavy atom. The number of hydrogen-bond acceptors (Lipinski definition) is 4. The highest BCUT2D eigenvalue weighted by molar-refractivity contribution is 6.31. The molecule has 0 spiro atoms. The number of aryl methyl sites for hydroxylation is 2. The van der Waals surface area contributed by atoms with Crippen LogP contribution in [-0.2, 0) is 13.2 Å². The van der Waals surface area contributed by atoms with Gasteiger partial charge in [0.2, 0.25) is 0 Å². The molecule has 0 saturated carbocycles. The van der Waals surface area contributed by atoms with E-state index in [2.05, 4.69) is 10.4 Å². The van der Waals surface area contributed by atoms with Crippen molar-refractivity contribution in [1.29, 1.82) is 0 Å². The average molecular weight is 406 g/mol. The van der Waals surface area contributed by atoms with Crippen molar-refractivity contribution in [2.24, 2.45) is 0 Å². The van der Waals surface area contributed by atoms with Crippen LogP contribution in [0.25, 0.3) is 0 Å². The Labute approximate surface area is 167 Å². The lowest BCUT2D eigenvalue weighted by molar-refractivity contribution is 0.0920. The zero-order valence-electron chi connectivity index (χ0n) is 15.7. The van der Waals surface area contributed by atoms with E-state index in [0.29, 0.717) is 36.0 Å². The summed E-state index contributed by atoms with van der Waals surface area (Å²) in [4.78, 5) is 12.2. The van der Waals surface area contributed by atoms with Crippen LogP contribution in [0, 0.1) is 19.7 Å². The average Bonchev–Trinajstić information content (AvgIpc) is 3.26.